The van der Waals surface area contributed by atoms with Crippen LogP contribution in [0.25, 0.3) is 0 Å². The molecule has 0 nitrogen and oxygen atoms in total. The predicted octanol–water partition coefficient (Wildman–Crippen LogP) is 16.4. The van der Waals surface area contributed by atoms with Gasteiger partial charge in [0, 0.05) is 0 Å². The summed E-state index contributed by atoms with van der Waals surface area (Å²) in [6, 6.07) is 75.9. The fourth-order valence-electron chi connectivity index (χ4n) is 13.4. The molecule has 1 atom stereocenters. The van der Waals surface area contributed by atoms with E-state index in [-0.39, 0.29) is 5.92 Å². The van der Waals surface area contributed by atoms with Gasteiger partial charge in [-0.25, -0.2) is 0 Å². The van der Waals surface area contributed by atoms with Gasteiger partial charge in [-0.3, -0.25) is 0 Å². The SMILES string of the molecule is CC1=C(C)C(C)C([Si](c2cc(C)c(Cc3ccccc3)c(C)c2Cc2ccccc2)(c2cc(C)c(Cc3ccccc3)c(C)c2Cc2ccccc2)c2cc(C)c(Cc3ccccc3)c(C)c2Cc2ccccc2)=C1C. The smallest absolute Gasteiger partial charge is 0.0636 e. The quantitative estimate of drug-likeness (QED) is 0.0668. The molecule has 0 N–H and O–H groups in total. The third-order valence-electron chi connectivity index (χ3n) is 17.8. The second kappa shape index (κ2) is 22.5. The molecular formula is C75H76Si. The molecule has 10 rings (SSSR count). The lowest BCUT2D eigenvalue weighted by molar-refractivity contribution is 0.851. The summed E-state index contributed by atoms with van der Waals surface area (Å²) in [5.74, 6) is 0.226. The first-order valence-corrected chi connectivity index (χ1v) is 29.8. The van der Waals surface area contributed by atoms with E-state index in [1.807, 2.05) is 0 Å². The van der Waals surface area contributed by atoms with Crippen LogP contribution in [0.2, 0.25) is 0 Å². The summed E-state index contributed by atoms with van der Waals surface area (Å²) in [5, 5.41) is 6.32. The lowest BCUT2D eigenvalue weighted by Gasteiger charge is -2.44. The van der Waals surface area contributed by atoms with Gasteiger partial charge in [0.2, 0.25) is 0 Å². The average molecular weight is 1010 g/mol. The van der Waals surface area contributed by atoms with Crippen LogP contribution in [0, 0.1) is 47.5 Å². The number of hydrogen-bond acceptors (Lipinski definition) is 0. The van der Waals surface area contributed by atoms with Gasteiger partial charge < -0.3 is 0 Å². The molecule has 1 aliphatic carbocycles. The highest BCUT2D eigenvalue weighted by Crippen LogP contribution is 2.44. The zero-order valence-electron chi connectivity index (χ0n) is 46.9. The highest BCUT2D eigenvalue weighted by atomic mass is 28.3. The van der Waals surface area contributed by atoms with Crippen LogP contribution in [0.15, 0.2) is 222 Å². The van der Waals surface area contributed by atoms with Crippen molar-refractivity contribution < 1.29 is 0 Å². The molecule has 0 heterocycles. The van der Waals surface area contributed by atoms with E-state index in [1.165, 1.54) is 117 Å². The van der Waals surface area contributed by atoms with E-state index >= 15 is 0 Å². The molecule has 0 aliphatic heterocycles. The average Bonchev–Trinajstić information content (AvgIpc) is 3.63. The molecule has 0 radical (unpaired) electrons. The van der Waals surface area contributed by atoms with Gasteiger partial charge in [0.25, 0.3) is 0 Å². The van der Waals surface area contributed by atoms with Crippen LogP contribution >= 0.6 is 0 Å². The van der Waals surface area contributed by atoms with Crippen molar-refractivity contribution in [1.29, 1.82) is 0 Å². The first kappa shape index (κ1) is 52.1. The fourth-order valence-corrected chi connectivity index (χ4v) is 20.2. The van der Waals surface area contributed by atoms with E-state index < -0.39 is 8.07 Å². The van der Waals surface area contributed by atoms with Crippen LogP contribution in [-0.4, -0.2) is 8.07 Å². The van der Waals surface area contributed by atoms with E-state index in [0.29, 0.717) is 0 Å². The molecule has 0 amide bonds. The molecule has 380 valence electrons. The maximum atomic E-state index is 2.76. The Morgan fingerprint density at radius 3 is 0.724 bits per heavy atom. The Kier molecular flexibility index (Phi) is 15.4. The second-order valence-electron chi connectivity index (χ2n) is 22.3. The zero-order chi connectivity index (χ0) is 53.1. The van der Waals surface area contributed by atoms with Gasteiger partial charge in [0.1, 0.15) is 0 Å². The molecule has 0 saturated carbocycles. The van der Waals surface area contributed by atoms with Gasteiger partial charge in [-0.2, -0.15) is 0 Å². The van der Waals surface area contributed by atoms with Gasteiger partial charge in [0.05, 0.1) is 0 Å². The van der Waals surface area contributed by atoms with E-state index in [2.05, 4.69) is 269 Å². The standard InChI is InChI=1S/C75H76Si/c1-50-41-72(69(47-63-35-23-14-24-36-63)57(8)66(50)44-60-29-17-11-18-30-60)76(75-55(6)53(4)54(5)56(75)7,73-42-51(2)67(45-61-31-19-12-20-32-61)58(9)70(73)48-64-37-25-15-26-38-64)74-43-52(3)68(46-62-33-21-13-22-34-62)59(10)71(74)49-65-39-27-16-28-40-65/h11-43,55H,44-49H2,1-10H3. The minimum absolute atomic E-state index is 0.226. The first-order chi connectivity index (χ1) is 36.8. The van der Waals surface area contributed by atoms with Crippen molar-refractivity contribution in [3.63, 3.8) is 0 Å². The lowest BCUT2D eigenvalue weighted by atomic mass is 9.89. The molecule has 1 unspecified atom stereocenters. The van der Waals surface area contributed by atoms with Gasteiger partial charge in [-0.05, 0) is 228 Å². The monoisotopic (exact) mass is 1000 g/mol. The molecule has 0 saturated heterocycles. The summed E-state index contributed by atoms with van der Waals surface area (Å²) in [6.07, 6.45) is 5.22. The van der Waals surface area contributed by atoms with Crippen molar-refractivity contribution in [1.82, 2.24) is 0 Å². The Balaban J connectivity index is 1.44. The molecule has 0 aromatic heterocycles. The highest BCUT2D eigenvalue weighted by molar-refractivity contribution is 7.17. The number of benzene rings is 9. The topological polar surface area (TPSA) is 0 Å². The summed E-state index contributed by atoms with van der Waals surface area (Å²) in [4.78, 5) is 0. The number of aryl methyl sites for hydroxylation is 3. The van der Waals surface area contributed by atoms with Gasteiger partial charge in [-0.1, -0.05) is 223 Å². The van der Waals surface area contributed by atoms with Crippen LogP contribution in [0.3, 0.4) is 0 Å². The van der Waals surface area contributed by atoms with Gasteiger partial charge >= 0.3 is 0 Å². The normalized spacial score (nSPS) is 13.7. The van der Waals surface area contributed by atoms with E-state index in [9.17, 15) is 0 Å². The minimum Gasteiger partial charge on any atom is -0.0636 e. The molecule has 0 spiro atoms. The molecule has 0 bridgehead atoms. The third kappa shape index (κ3) is 10.1. The molecule has 0 fully saturated rings. The zero-order valence-corrected chi connectivity index (χ0v) is 47.9. The Morgan fingerprint density at radius 2 is 0.513 bits per heavy atom. The Bertz CT molecular complexity index is 3240. The van der Waals surface area contributed by atoms with Crippen molar-refractivity contribution in [2.75, 3.05) is 0 Å². The summed E-state index contributed by atoms with van der Waals surface area (Å²) < 4.78 is 0. The third-order valence-corrected chi connectivity index (χ3v) is 23.2. The maximum absolute atomic E-state index is 3.49. The Labute approximate surface area is 457 Å². The lowest BCUT2D eigenvalue weighted by Crippen LogP contribution is -2.72. The second-order valence-corrected chi connectivity index (χ2v) is 25.9. The molecular weight excluding hydrogens is 929 g/mol. The summed E-state index contributed by atoms with van der Waals surface area (Å²) >= 11 is 0. The van der Waals surface area contributed by atoms with Crippen LogP contribution in [-0.2, 0) is 38.5 Å². The summed E-state index contributed by atoms with van der Waals surface area (Å²) in [5.41, 5.74) is 29.8. The largest absolute Gasteiger partial charge is 0.177 e. The minimum atomic E-state index is -3.49. The molecule has 9 aromatic carbocycles. The van der Waals surface area contributed by atoms with Crippen LogP contribution < -0.4 is 15.6 Å². The van der Waals surface area contributed by atoms with Crippen molar-refractivity contribution in [3.8, 4) is 0 Å². The first-order valence-electron chi connectivity index (χ1n) is 27.8. The van der Waals surface area contributed by atoms with E-state index in [0.717, 1.165) is 38.5 Å². The van der Waals surface area contributed by atoms with E-state index in [1.54, 1.807) is 20.8 Å². The summed E-state index contributed by atoms with van der Waals surface area (Å²) in [6.45, 7) is 24.7. The highest BCUT2D eigenvalue weighted by Gasteiger charge is 2.52. The van der Waals surface area contributed by atoms with Gasteiger partial charge in [-0.15, -0.1) is 0 Å². The molecule has 76 heavy (non-hydrogen) atoms. The maximum Gasteiger partial charge on any atom is 0.177 e. The number of rotatable bonds is 16. The molecule has 1 aliphatic rings. The van der Waals surface area contributed by atoms with Crippen molar-refractivity contribution in [3.05, 3.63) is 322 Å². The number of allylic oxidation sites excluding steroid dienone is 4. The molecule has 1 heteroatoms. The van der Waals surface area contributed by atoms with Crippen LogP contribution in [0.5, 0.6) is 0 Å². The Hall–Kier alpha value is -7.32. The van der Waals surface area contributed by atoms with Crippen molar-refractivity contribution in [2.45, 2.75) is 108 Å². The Morgan fingerprint density at radius 1 is 0.289 bits per heavy atom. The fraction of sp³-hybridized carbons (Fsp3) is 0.227. The summed E-state index contributed by atoms with van der Waals surface area (Å²) in [7, 11) is -3.49. The van der Waals surface area contributed by atoms with E-state index in [4.69, 9.17) is 0 Å². The number of hydrogen-bond donors (Lipinski definition) is 0. The van der Waals surface area contributed by atoms with Crippen molar-refractivity contribution in [2.24, 2.45) is 5.92 Å². The van der Waals surface area contributed by atoms with Crippen molar-refractivity contribution >= 4 is 23.6 Å². The van der Waals surface area contributed by atoms with Crippen LogP contribution in [0.1, 0.15) is 128 Å². The van der Waals surface area contributed by atoms with Gasteiger partial charge in [0.15, 0.2) is 8.07 Å². The predicted molar refractivity (Wildman–Crippen MR) is 328 cm³/mol. The van der Waals surface area contributed by atoms with Crippen LogP contribution in [0.4, 0.5) is 0 Å². The molecule has 9 aromatic rings.